The highest BCUT2D eigenvalue weighted by Gasteiger charge is 2.33. The van der Waals surface area contributed by atoms with Gasteiger partial charge in [-0.25, -0.2) is 9.59 Å². The van der Waals surface area contributed by atoms with E-state index in [1.165, 1.54) is 16.0 Å². The lowest BCUT2D eigenvalue weighted by Crippen LogP contribution is -2.47. The third-order valence-corrected chi connectivity index (χ3v) is 7.53. The first-order valence-electron chi connectivity index (χ1n) is 12.5. The standard InChI is InChI=1S/C28H34N2O5/c1-3-25(27(32)33)30(2)26(31)16-18-10-4-9-15-24(18)29-28(34)35-17-23-21-13-7-5-11-19(21)20-12-6-8-14-22(20)23/h5-8,11-14,18,23-25H,3-4,9-10,15-17H2,1-2H3,(H,29,34)(H,32,33)/t18-,24-,25?/m0/s1. The fourth-order valence-electron chi connectivity index (χ4n) is 5.59. The number of nitrogens with zero attached hydrogens (tertiary/aromatic N) is 1. The molecule has 2 amide bonds. The summed E-state index contributed by atoms with van der Waals surface area (Å²) in [4.78, 5) is 38.4. The molecule has 2 aliphatic rings. The van der Waals surface area contributed by atoms with Gasteiger partial charge in [-0.1, -0.05) is 68.3 Å². The van der Waals surface area contributed by atoms with Crippen LogP contribution >= 0.6 is 0 Å². The Morgan fingerprint density at radius 1 is 1.03 bits per heavy atom. The molecule has 7 heteroatoms. The maximum atomic E-state index is 12.8. The second kappa shape index (κ2) is 10.9. The zero-order valence-electron chi connectivity index (χ0n) is 20.4. The van der Waals surface area contributed by atoms with E-state index in [0.717, 1.165) is 36.8 Å². The quantitative estimate of drug-likeness (QED) is 0.568. The third-order valence-electron chi connectivity index (χ3n) is 7.53. The SMILES string of the molecule is CCC(C(=O)O)N(C)C(=O)C[C@@H]1CCCC[C@@H]1NC(=O)OCC1c2ccccc2-c2ccccc21. The van der Waals surface area contributed by atoms with Crippen molar-refractivity contribution in [2.45, 2.75) is 63.5 Å². The number of carboxylic acid groups (broad SMARTS) is 1. The van der Waals surface area contributed by atoms with Gasteiger partial charge in [0.1, 0.15) is 12.6 Å². The molecule has 0 bridgehead atoms. The van der Waals surface area contributed by atoms with E-state index < -0.39 is 18.1 Å². The second-order valence-electron chi connectivity index (χ2n) is 9.59. The molecule has 3 atom stereocenters. The molecule has 2 N–H and O–H groups in total. The Balaban J connectivity index is 1.37. The summed E-state index contributed by atoms with van der Waals surface area (Å²) in [5, 5.41) is 12.4. The van der Waals surface area contributed by atoms with Crippen LogP contribution < -0.4 is 5.32 Å². The number of benzene rings is 2. The molecule has 2 aromatic carbocycles. The number of carboxylic acids is 1. The van der Waals surface area contributed by atoms with Crippen molar-refractivity contribution >= 4 is 18.0 Å². The molecule has 0 aliphatic heterocycles. The second-order valence-corrected chi connectivity index (χ2v) is 9.59. The number of carbonyl (C=O) groups is 3. The Labute approximate surface area is 206 Å². The summed E-state index contributed by atoms with van der Waals surface area (Å²) < 4.78 is 5.71. The van der Waals surface area contributed by atoms with Gasteiger partial charge in [0.05, 0.1) is 0 Å². The van der Waals surface area contributed by atoms with Crippen LogP contribution in [0.25, 0.3) is 11.1 Å². The smallest absolute Gasteiger partial charge is 0.407 e. The Morgan fingerprint density at radius 2 is 1.63 bits per heavy atom. The molecule has 7 nitrogen and oxygen atoms in total. The molecule has 1 unspecified atom stereocenters. The molecule has 0 saturated heterocycles. The van der Waals surface area contributed by atoms with Gasteiger partial charge in [0.25, 0.3) is 0 Å². The third kappa shape index (κ3) is 5.34. The Kier molecular flexibility index (Phi) is 7.73. The highest BCUT2D eigenvalue weighted by atomic mass is 16.5. The molecule has 35 heavy (non-hydrogen) atoms. The van der Waals surface area contributed by atoms with E-state index in [1.54, 1.807) is 14.0 Å². The van der Waals surface area contributed by atoms with Gasteiger partial charge in [0.15, 0.2) is 0 Å². The number of ether oxygens (including phenoxy) is 1. The van der Waals surface area contributed by atoms with Crippen LogP contribution in [0.2, 0.25) is 0 Å². The first-order valence-corrected chi connectivity index (χ1v) is 12.5. The van der Waals surface area contributed by atoms with Crippen LogP contribution in [0.5, 0.6) is 0 Å². The summed E-state index contributed by atoms with van der Waals surface area (Å²) in [6.07, 6.45) is 3.65. The van der Waals surface area contributed by atoms with Crippen molar-refractivity contribution in [1.29, 1.82) is 0 Å². The van der Waals surface area contributed by atoms with Crippen molar-refractivity contribution in [1.82, 2.24) is 10.2 Å². The summed E-state index contributed by atoms with van der Waals surface area (Å²) in [5.74, 6) is -1.25. The van der Waals surface area contributed by atoms with Crippen molar-refractivity contribution in [3.63, 3.8) is 0 Å². The minimum absolute atomic E-state index is 0.00692. The van der Waals surface area contributed by atoms with E-state index in [0.29, 0.717) is 6.42 Å². The largest absolute Gasteiger partial charge is 0.480 e. The molecule has 2 aromatic rings. The molecule has 2 aliphatic carbocycles. The van der Waals surface area contributed by atoms with Crippen LogP contribution in [0.4, 0.5) is 4.79 Å². The van der Waals surface area contributed by atoms with Gasteiger partial charge in [-0.05, 0) is 47.4 Å². The van der Waals surface area contributed by atoms with Crippen LogP contribution in [-0.2, 0) is 14.3 Å². The Morgan fingerprint density at radius 3 is 2.23 bits per heavy atom. The van der Waals surface area contributed by atoms with Crippen molar-refractivity contribution < 1.29 is 24.2 Å². The Bertz CT molecular complexity index is 1040. The number of hydrogen-bond acceptors (Lipinski definition) is 4. The molecule has 0 radical (unpaired) electrons. The Hall–Kier alpha value is -3.35. The highest BCUT2D eigenvalue weighted by molar-refractivity contribution is 5.83. The zero-order valence-corrected chi connectivity index (χ0v) is 20.4. The first-order chi connectivity index (χ1) is 16.9. The van der Waals surface area contributed by atoms with Crippen LogP contribution in [0.15, 0.2) is 48.5 Å². The molecular weight excluding hydrogens is 444 g/mol. The molecule has 0 aromatic heterocycles. The molecule has 0 spiro atoms. The van der Waals surface area contributed by atoms with Gasteiger partial charge < -0.3 is 20.1 Å². The van der Waals surface area contributed by atoms with Gasteiger partial charge in [0, 0.05) is 25.4 Å². The molecule has 1 fully saturated rings. The fraction of sp³-hybridized carbons (Fsp3) is 0.464. The summed E-state index contributed by atoms with van der Waals surface area (Å²) in [6.45, 7) is 2.00. The minimum atomic E-state index is -1.000. The van der Waals surface area contributed by atoms with E-state index >= 15 is 0 Å². The van der Waals surface area contributed by atoms with E-state index in [2.05, 4.69) is 29.6 Å². The average Bonchev–Trinajstić information content (AvgIpc) is 3.18. The molecule has 186 valence electrons. The predicted octanol–water partition coefficient (Wildman–Crippen LogP) is 4.80. The number of carbonyl (C=O) groups excluding carboxylic acids is 2. The number of hydrogen-bond donors (Lipinski definition) is 2. The first kappa shape index (κ1) is 24.8. The van der Waals surface area contributed by atoms with Crippen molar-refractivity contribution in [2.75, 3.05) is 13.7 Å². The minimum Gasteiger partial charge on any atom is -0.480 e. The van der Waals surface area contributed by atoms with Crippen molar-refractivity contribution in [3.8, 4) is 11.1 Å². The maximum absolute atomic E-state index is 12.8. The van der Waals surface area contributed by atoms with Crippen molar-refractivity contribution in [2.24, 2.45) is 5.92 Å². The highest BCUT2D eigenvalue weighted by Crippen LogP contribution is 2.44. The molecule has 4 rings (SSSR count). The maximum Gasteiger partial charge on any atom is 0.407 e. The number of rotatable bonds is 8. The summed E-state index contributed by atoms with van der Waals surface area (Å²) in [7, 11) is 1.54. The lowest BCUT2D eigenvalue weighted by Gasteiger charge is -2.33. The van der Waals surface area contributed by atoms with E-state index in [1.807, 2.05) is 24.3 Å². The van der Waals surface area contributed by atoms with E-state index in [4.69, 9.17) is 4.74 Å². The summed E-state index contributed by atoms with van der Waals surface area (Å²) >= 11 is 0. The number of amides is 2. The van der Waals surface area contributed by atoms with E-state index in [-0.39, 0.29) is 36.8 Å². The van der Waals surface area contributed by atoms with Crippen molar-refractivity contribution in [3.05, 3.63) is 59.7 Å². The topological polar surface area (TPSA) is 95.9 Å². The molecule has 1 saturated carbocycles. The predicted molar refractivity (Wildman–Crippen MR) is 133 cm³/mol. The zero-order chi connectivity index (χ0) is 24.9. The number of likely N-dealkylation sites (N-methyl/N-ethyl adjacent to an activating group) is 1. The van der Waals surface area contributed by atoms with Gasteiger partial charge in [0.2, 0.25) is 5.91 Å². The number of nitrogens with one attached hydrogen (secondary N) is 1. The normalized spacial score (nSPS) is 19.8. The lowest BCUT2D eigenvalue weighted by molar-refractivity contribution is -0.149. The molecular formula is C28H34N2O5. The lowest BCUT2D eigenvalue weighted by atomic mass is 9.82. The van der Waals surface area contributed by atoms with Gasteiger partial charge >= 0.3 is 12.1 Å². The number of fused-ring (bicyclic) bond motifs is 3. The fourth-order valence-corrected chi connectivity index (χ4v) is 5.59. The van der Waals surface area contributed by atoms with Gasteiger partial charge in [-0.3, -0.25) is 4.79 Å². The van der Waals surface area contributed by atoms with Crippen LogP contribution in [0, 0.1) is 5.92 Å². The number of aliphatic carboxylic acids is 1. The summed E-state index contributed by atoms with van der Waals surface area (Å²) in [5.41, 5.74) is 4.68. The van der Waals surface area contributed by atoms with Crippen LogP contribution in [-0.4, -0.2) is 53.7 Å². The van der Waals surface area contributed by atoms with Crippen LogP contribution in [0.3, 0.4) is 0 Å². The van der Waals surface area contributed by atoms with Crippen LogP contribution in [0.1, 0.15) is 62.5 Å². The summed E-state index contributed by atoms with van der Waals surface area (Å²) in [6, 6.07) is 15.4. The van der Waals surface area contributed by atoms with Gasteiger partial charge in [-0.15, -0.1) is 0 Å². The number of alkyl carbamates (subject to hydrolysis) is 1. The van der Waals surface area contributed by atoms with Gasteiger partial charge in [-0.2, -0.15) is 0 Å². The molecule has 0 heterocycles. The average molecular weight is 479 g/mol. The van der Waals surface area contributed by atoms with E-state index in [9.17, 15) is 19.5 Å². The monoisotopic (exact) mass is 478 g/mol.